The van der Waals surface area contributed by atoms with E-state index in [1.807, 2.05) is 25.1 Å². The highest BCUT2D eigenvalue weighted by atomic mass is 32.2. The van der Waals surface area contributed by atoms with Gasteiger partial charge in [-0.25, -0.2) is 0 Å². The third kappa shape index (κ3) is 3.97. The molecule has 0 aliphatic rings. The zero-order valence-corrected chi connectivity index (χ0v) is 8.73. The lowest BCUT2D eigenvalue weighted by Gasteiger charge is -2.22. The number of aliphatic carboxylic acids is 1. The van der Waals surface area contributed by atoms with Crippen LogP contribution in [-0.4, -0.2) is 47.6 Å². The first-order valence-corrected chi connectivity index (χ1v) is 5.44. The summed E-state index contributed by atoms with van der Waals surface area (Å²) in [7, 11) is 1.86. The Morgan fingerprint density at radius 2 is 2.25 bits per heavy atom. The maximum absolute atomic E-state index is 10.7. The second kappa shape index (κ2) is 6.31. The number of nitrogens with zero attached hydrogens (tertiary/aromatic N) is 1. The fraction of sp³-hybridized carbons (Fsp3) is 0.875. The summed E-state index contributed by atoms with van der Waals surface area (Å²) in [6, 6.07) is -0.322. The molecule has 0 bridgehead atoms. The van der Waals surface area contributed by atoms with Crippen molar-refractivity contribution in [3.8, 4) is 0 Å². The molecule has 0 aromatic carbocycles. The van der Waals surface area contributed by atoms with Crippen LogP contribution in [0.2, 0.25) is 0 Å². The molecule has 1 N–H and O–H groups in total. The molecule has 72 valence electrons. The molecular weight excluding hydrogens is 174 g/mol. The van der Waals surface area contributed by atoms with Crippen molar-refractivity contribution in [3.63, 3.8) is 0 Å². The van der Waals surface area contributed by atoms with Crippen molar-refractivity contribution < 1.29 is 9.90 Å². The minimum atomic E-state index is -0.721. The van der Waals surface area contributed by atoms with Crippen molar-refractivity contribution >= 4 is 17.7 Å². The molecule has 12 heavy (non-hydrogen) atoms. The first-order valence-electron chi connectivity index (χ1n) is 4.05. The minimum absolute atomic E-state index is 0.322. The Morgan fingerprint density at radius 3 is 2.58 bits per heavy atom. The molecule has 0 radical (unpaired) electrons. The highest BCUT2D eigenvalue weighted by Crippen LogP contribution is 2.03. The molecule has 0 saturated carbocycles. The Kier molecular flexibility index (Phi) is 6.20. The smallest absolute Gasteiger partial charge is 0.320 e. The zero-order chi connectivity index (χ0) is 9.56. The Labute approximate surface area is 78.1 Å². The minimum Gasteiger partial charge on any atom is -0.480 e. The van der Waals surface area contributed by atoms with E-state index in [0.717, 1.165) is 12.3 Å². The van der Waals surface area contributed by atoms with Crippen LogP contribution in [0.5, 0.6) is 0 Å². The molecule has 0 aliphatic heterocycles. The molecule has 0 aromatic heterocycles. The van der Waals surface area contributed by atoms with Crippen LogP contribution in [0.4, 0.5) is 0 Å². The molecule has 0 fully saturated rings. The van der Waals surface area contributed by atoms with Gasteiger partial charge in [0.1, 0.15) is 6.04 Å². The predicted molar refractivity (Wildman–Crippen MR) is 52.7 cm³/mol. The number of hydrogen-bond donors (Lipinski definition) is 1. The van der Waals surface area contributed by atoms with Gasteiger partial charge in [-0.1, -0.05) is 6.92 Å². The van der Waals surface area contributed by atoms with Gasteiger partial charge in [-0.05, 0) is 19.7 Å². The molecule has 0 aliphatic carbocycles. The maximum atomic E-state index is 10.7. The lowest BCUT2D eigenvalue weighted by molar-refractivity contribution is -0.142. The molecule has 4 heteroatoms. The van der Waals surface area contributed by atoms with Crippen molar-refractivity contribution in [2.45, 2.75) is 19.4 Å². The summed E-state index contributed by atoms with van der Waals surface area (Å²) in [6.07, 6.45) is 2.69. The average molecular weight is 191 g/mol. The van der Waals surface area contributed by atoms with E-state index in [0.29, 0.717) is 6.42 Å². The van der Waals surface area contributed by atoms with Crippen LogP contribution in [0.25, 0.3) is 0 Å². The molecule has 0 spiro atoms. The molecule has 3 nitrogen and oxygen atoms in total. The third-order valence-corrected chi connectivity index (χ3v) is 2.44. The number of likely N-dealkylation sites (N-methyl/N-ethyl adjacent to an activating group) is 1. The van der Waals surface area contributed by atoms with Crippen LogP contribution in [0, 0.1) is 0 Å². The molecule has 1 unspecified atom stereocenters. The van der Waals surface area contributed by atoms with Gasteiger partial charge in [0.2, 0.25) is 0 Å². The first-order chi connectivity index (χ1) is 5.63. The van der Waals surface area contributed by atoms with E-state index in [4.69, 9.17) is 5.11 Å². The Morgan fingerprint density at radius 1 is 1.67 bits per heavy atom. The molecular formula is C8H17NO2S. The molecule has 1 atom stereocenters. The predicted octanol–water partition coefficient (Wildman–Crippen LogP) is 1.14. The summed E-state index contributed by atoms with van der Waals surface area (Å²) in [5.41, 5.74) is 0. The summed E-state index contributed by atoms with van der Waals surface area (Å²) in [5, 5.41) is 8.79. The number of thioether (sulfide) groups is 1. The van der Waals surface area contributed by atoms with Crippen molar-refractivity contribution in [3.05, 3.63) is 0 Å². The summed E-state index contributed by atoms with van der Waals surface area (Å²) < 4.78 is 0. The maximum Gasteiger partial charge on any atom is 0.320 e. The lowest BCUT2D eigenvalue weighted by Crippen LogP contribution is -2.39. The van der Waals surface area contributed by atoms with Gasteiger partial charge in [-0.15, -0.1) is 0 Å². The topological polar surface area (TPSA) is 40.5 Å². The second-order valence-corrected chi connectivity index (χ2v) is 3.72. The summed E-state index contributed by atoms with van der Waals surface area (Å²) in [5.74, 6) is 0.265. The first kappa shape index (κ1) is 11.8. The van der Waals surface area contributed by atoms with Crippen molar-refractivity contribution in [2.24, 2.45) is 0 Å². The normalized spacial score (nSPS) is 13.3. The van der Waals surface area contributed by atoms with E-state index >= 15 is 0 Å². The molecule has 0 rings (SSSR count). The largest absolute Gasteiger partial charge is 0.480 e. The van der Waals surface area contributed by atoms with Gasteiger partial charge in [0, 0.05) is 12.3 Å². The SMILES string of the molecule is CCC(C(=O)O)N(C)CCSC. The highest BCUT2D eigenvalue weighted by Gasteiger charge is 2.19. The number of carboxylic acid groups (broad SMARTS) is 1. The van der Waals surface area contributed by atoms with Gasteiger partial charge >= 0.3 is 5.97 Å². The Hall–Kier alpha value is -0.220. The van der Waals surface area contributed by atoms with Gasteiger partial charge in [-0.3, -0.25) is 9.69 Å². The Balaban J connectivity index is 3.85. The van der Waals surface area contributed by atoms with Gasteiger partial charge in [0.05, 0.1) is 0 Å². The summed E-state index contributed by atoms with van der Waals surface area (Å²) in [6.45, 7) is 2.74. The quantitative estimate of drug-likeness (QED) is 0.683. The van der Waals surface area contributed by atoms with Gasteiger partial charge in [0.15, 0.2) is 0 Å². The van der Waals surface area contributed by atoms with Crippen LogP contribution in [0.1, 0.15) is 13.3 Å². The standard InChI is InChI=1S/C8H17NO2S/c1-4-7(8(10)11)9(2)5-6-12-3/h7H,4-6H2,1-3H3,(H,10,11). The number of carboxylic acids is 1. The lowest BCUT2D eigenvalue weighted by atomic mass is 10.2. The fourth-order valence-corrected chi connectivity index (χ4v) is 1.54. The average Bonchev–Trinajstić information content (AvgIpc) is 2.01. The monoisotopic (exact) mass is 191 g/mol. The number of hydrogen-bond acceptors (Lipinski definition) is 3. The van der Waals surface area contributed by atoms with E-state index in [1.54, 1.807) is 11.8 Å². The third-order valence-electron chi connectivity index (χ3n) is 1.85. The van der Waals surface area contributed by atoms with Gasteiger partial charge in [0.25, 0.3) is 0 Å². The Bertz CT molecular complexity index is 141. The van der Waals surface area contributed by atoms with E-state index < -0.39 is 5.97 Å². The van der Waals surface area contributed by atoms with E-state index in [2.05, 4.69) is 0 Å². The number of rotatable bonds is 6. The van der Waals surface area contributed by atoms with Crippen molar-refractivity contribution in [1.29, 1.82) is 0 Å². The van der Waals surface area contributed by atoms with E-state index in [-0.39, 0.29) is 6.04 Å². The van der Waals surface area contributed by atoms with Crippen molar-refractivity contribution in [2.75, 3.05) is 25.6 Å². The van der Waals surface area contributed by atoms with Gasteiger partial charge in [-0.2, -0.15) is 11.8 Å². The number of carbonyl (C=O) groups is 1. The van der Waals surface area contributed by atoms with Crippen LogP contribution in [0.3, 0.4) is 0 Å². The van der Waals surface area contributed by atoms with Crippen LogP contribution in [0.15, 0.2) is 0 Å². The van der Waals surface area contributed by atoms with Crippen LogP contribution >= 0.6 is 11.8 Å². The van der Waals surface area contributed by atoms with Gasteiger partial charge < -0.3 is 5.11 Å². The van der Waals surface area contributed by atoms with Crippen molar-refractivity contribution in [1.82, 2.24) is 4.90 Å². The zero-order valence-electron chi connectivity index (χ0n) is 7.91. The fourth-order valence-electron chi connectivity index (χ4n) is 1.07. The molecule has 0 heterocycles. The second-order valence-electron chi connectivity index (χ2n) is 2.74. The van der Waals surface area contributed by atoms with E-state index in [9.17, 15) is 4.79 Å². The molecule has 0 saturated heterocycles. The highest BCUT2D eigenvalue weighted by molar-refractivity contribution is 7.98. The summed E-state index contributed by atoms with van der Waals surface area (Å²) >= 11 is 1.73. The molecule has 0 aromatic rings. The van der Waals surface area contributed by atoms with Crippen LogP contribution in [-0.2, 0) is 4.79 Å². The van der Waals surface area contributed by atoms with E-state index in [1.165, 1.54) is 0 Å². The molecule has 0 amide bonds. The van der Waals surface area contributed by atoms with Crippen LogP contribution < -0.4 is 0 Å². The summed E-state index contributed by atoms with van der Waals surface area (Å²) in [4.78, 5) is 12.6.